The van der Waals surface area contributed by atoms with Gasteiger partial charge in [-0.1, -0.05) is 12.1 Å². The lowest BCUT2D eigenvalue weighted by atomic mass is 10.00. The van der Waals surface area contributed by atoms with Crippen LogP contribution in [-0.2, 0) is 13.0 Å². The first-order valence-electron chi connectivity index (χ1n) is 7.75. The van der Waals surface area contributed by atoms with Gasteiger partial charge in [-0.3, -0.25) is 0 Å². The van der Waals surface area contributed by atoms with Crippen molar-refractivity contribution in [2.45, 2.75) is 51.3 Å². The molecule has 2 aliphatic heterocycles. The number of hydrogen-bond acceptors (Lipinski definition) is 3. The second-order valence-electron chi connectivity index (χ2n) is 6.94. The van der Waals surface area contributed by atoms with E-state index in [0.717, 1.165) is 18.7 Å². The highest BCUT2D eigenvalue weighted by Crippen LogP contribution is 2.35. The first kappa shape index (κ1) is 13.9. The average molecular weight is 274 g/mol. The van der Waals surface area contributed by atoms with Gasteiger partial charge in [0.15, 0.2) is 0 Å². The predicted octanol–water partition coefficient (Wildman–Crippen LogP) is 2.58. The van der Waals surface area contributed by atoms with Gasteiger partial charge in [0.2, 0.25) is 0 Å². The Kier molecular flexibility index (Phi) is 3.74. The maximum atomic E-state index is 5.93. The number of likely N-dealkylation sites (tertiary alicyclic amines) is 1. The quantitative estimate of drug-likeness (QED) is 0.917. The summed E-state index contributed by atoms with van der Waals surface area (Å²) in [5.74, 6) is 1.07. The summed E-state index contributed by atoms with van der Waals surface area (Å²) >= 11 is 0. The minimum atomic E-state index is -0.0393. The second-order valence-corrected chi connectivity index (χ2v) is 6.94. The molecule has 0 radical (unpaired) electrons. The molecule has 0 unspecified atom stereocenters. The lowest BCUT2D eigenvalue weighted by Gasteiger charge is -2.29. The topological polar surface area (TPSA) is 24.5 Å². The third-order valence-corrected chi connectivity index (χ3v) is 4.44. The molecule has 0 saturated carbocycles. The van der Waals surface area contributed by atoms with Crippen LogP contribution in [0.15, 0.2) is 18.2 Å². The molecule has 0 spiro atoms. The highest BCUT2D eigenvalue weighted by atomic mass is 16.5. The number of ether oxygens (including phenoxy) is 1. The molecule has 3 nitrogen and oxygen atoms in total. The van der Waals surface area contributed by atoms with Crippen LogP contribution in [-0.4, -0.2) is 36.7 Å². The zero-order valence-electron chi connectivity index (χ0n) is 12.9. The molecule has 1 saturated heterocycles. The molecular weight excluding hydrogens is 248 g/mol. The molecule has 2 heterocycles. The Bertz CT molecular complexity index is 476. The number of nitrogens with one attached hydrogen (secondary N) is 1. The molecule has 20 heavy (non-hydrogen) atoms. The summed E-state index contributed by atoms with van der Waals surface area (Å²) in [5, 5.41) is 3.70. The summed E-state index contributed by atoms with van der Waals surface area (Å²) in [4.78, 5) is 2.41. The number of fused-ring (bicyclic) bond motifs is 1. The molecule has 1 N–H and O–H groups in total. The Hall–Kier alpha value is -1.06. The summed E-state index contributed by atoms with van der Waals surface area (Å²) in [5.41, 5.74) is 2.70. The highest BCUT2D eigenvalue weighted by Gasteiger charge is 2.29. The van der Waals surface area contributed by atoms with Gasteiger partial charge in [-0.25, -0.2) is 0 Å². The van der Waals surface area contributed by atoms with Crippen molar-refractivity contribution >= 4 is 0 Å². The number of piperidine rings is 1. The maximum Gasteiger partial charge on any atom is 0.123 e. The monoisotopic (exact) mass is 274 g/mol. The van der Waals surface area contributed by atoms with E-state index in [1.54, 1.807) is 0 Å². The minimum Gasteiger partial charge on any atom is -0.487 e. The third kappa shape index (κ3) is 3.15. The van der Waals surface area contributed by atoms with Crippen LogP contribution in [0.3, 0.4) is 0 Å². The van der Waals surface area contributed by atoms with Gasteiger partial charge >= 0.3 is 0 Å². The van der Waals surface area contributed by atoms with E-state index in [1.165, 1.54) is 37.1 Å². The van der Waals surface area contributed by atoms with Crippen LogP contribution in [0, 0.1) is 0 Å². The molecule has 2 aliphatic rings. The number of nitrogens with zero attached hydrogens (tertiary/aromatic N) is 1. The Balaban J connectivity index is 1.57. The molecule has 3 heteroatoms. The molecule has 0 aliphatic carbocycles. The van der Waals surface area contributed by atoms with Gasteiger partial charge in [0.05, 0.1) is 0 Å². The molecule has 0 aromatic heterocycles. The van der Waals surface area contributed by atoms with E-state index in [4.69, 9.17) is 4.74 Å². The molecular formula is C17H26N2O. The van der Waals surface area contributed by atoms with Crippen molar-refractivity contribution in [3.8, 4) is 5.75 Å². The smallest absolute Gasteiger partial charge is 0.123 e. The molecule has 0 amide bonds. The van der Waals surface area contributed by atoms with Crippen LogP contribution in [0.2, 0.25) is 0 Å². The van der Waals surface area contributed by atoms with Crippen molar-refractivity contribution in [1.82, 2.24) is 10.2 Å². The van der Waals surface area contributed by atoms with Crippen molar-refractivity contribution in [2.24, 2.45) is 0 Å². The SMILES string of the molecule is CN1CCC(NCc2ccc3c(c2)CC(C)(C)O3)CC1. The Morgan fingerprint density at radius 3 is 2.80 bits per heavy atom. The lowest BCUT2D eigenvalue weighted by Crippen LogP contribution is -2.40. The van der Waals surface area contributed by atoms with Crippen LogP contribution in [0.5, 0.6) is 5.75 Å². The fourth-order valence-electron chi connectivity index (χ4n) is 3.25. The Labute approximate surface area is 122 Å². The lowest BCUT2D eigenvalue weighted by molar-refractivity contribution is 0.138. The van der Waals surface area contributed by atoms with Crippen LogP contribution in [0.1, 0.15) is 37.8 Å². The van der Waals surface area contributed by atoms with Gasteiger partial charge in [-0.2, -0.15) is 0 Å². The van der Waals surface area contributed by atoms with E-state index in [2.05, 4.69) is 49.3 Å². The summed E-state index contributed by atoms with van der Waals surface area (Å²) in [6.45, 7) is 7.71. The molecule has 0 bridgehead atoms. The fourth-order valence-corrected chi connectivity index (χ4v) is 3.25. The van der Waals surface area contributed by atoms with E-state index in [1.807, 2.05) is 0 Å². The van der Waals surface area contributed by atoms with Crippen LogP contribution >= 0.6 is 0 Å². The highest BCUT2D eigenvalue weighted by molar-refractivity contribution is 5.41. The molecule has 3 rings (SSSR count). The minimum absolute atomic E-state index is 0.0393. The van der Waals surface area contributed by atoms with Crippen molar-refractivity contribution in [3.63, 3.8) is 0 Å². The third-order valence-electron chi connectivity index (χ3n) is 4.44. The van der Waals surface area contributed by atoms with Crippen molar-refractivity contribution < 1.29 is 4.74 Å². The van der Waals surface area contributed by atoms with E-state index < -0.39 is 0 Å². The van der Waals surface area contributed by atoms with Crippen molar-refractivity contribution in [1.29, 1.82) is 0 Å². The Morgan fingerprint density at radius 1 is 1.30 bits per heavy atom. The molecule has 0 atom stereocenters. The summed E-state index contributed by atoms with van der Waals surface area (Å²) < 4.78 is 5.93. The summed E-state index contributed by atoms with van der Waals surface area (Å²) in [6.07, 6.45) is 3.54. The van der Waals surface area contributed by atoms with Crippen molar-refractivity contribution in [2.75, 3.05) is 20.1 Å². The van der Waals surface area contributed by atoms with E-state index in [-0.39, 0.29) is 5.60 Å². The number of benzene rings is 1. The van der Waals surface area contributed by atoms with Gasteiger partial charge < -0.3 is 15.0 Å². The average Bonchev–Trinajstić information content (AvgIpc) is 2.71. The first-order chi connectivity index (χ1) is 9.52. The van der Waals surface area contributed by atoms with Gasteiger partial charge in [-0.05, 0) is 64.0 Å². The number of hydrogen-bond donors (Lipinski definition) is 1. The van der Waals surface area contributed by atoms with Crippen molar-refractivity contribution in [3.05, 3.63) is 29.3 Å². The van der Waals surface area contributed by atoms with Gasteiger partial charge in [0, 0.05) is 19.0 Å². The largest absolute Gasteiger partial charge is 0.487 e. The second kappa shape index (κ2) is 5.38. The maximum absolute atomic E-state index is 5.93. The molecule has 1 aromatic rings. The van der Waals surface area contributed by atoms with Crippen LogP contribution < -0.4 is 10.1 Å². The summed E-state index contributed by atoms with van der Waals surface area (Å²) in [6, 6.07) is 7.32. The predicted molar refractivity (Wildman–Crippen MR) is 82.2 cm³/mol. The van der Waals surface area contributed by atoms with Crippen LogP contribution in [0.25, 0.3) is 0 Å². The number of rotatable bonds is 3. The normalized spacial score (nSPS) is 22.6. The van der Waals surface area contributed by atoms with E-state index >= 15 is 0 Å². The van der Waals surface area contributed by atoms with Gasteiger partial charge in [-0.15, -0.1) is 0 Å². The van der Waals surface area contributed by atoms with E-state index in [9.17, 15) is 0 Å². The van der Waals surface area contributed by atoms with Gasteiger partial charge in [0.1, 0.15) is 11.4 Å². The van der Waals surface area contributed by atoms with Crippen LogP contribution in [0.4, 0.5) is 0 Å². The van der Waals surface area contributed by atoms with E-state index in [0.29, 0.717) is 6.04 Å². The fraction of sp³-hybridized carbons (Fsp3) is 0.647. The Morgan fingerprint density at radius 2 is 2.05 bits per heavy atom. The molecule has 1 aromatic carbocycles. The zero-order chi connectivity index (χ0) is 14.2. The van der Waals surface area contributed by atoms with Gasteiger partial charge in [0.25, 0.3) is 0 Å². The molecule has 110 valence electrons. The standard InChI is InChI=1S/C17H26N2O/c1-17(2)11-14-10-13(4-5-16(14)20-17)12-18-15-6-8-19(3)9-7-15/h4-5,10,15,18H,6-9,11-12H2,1-3H3. The molecule has 1 fully saturated rings. The zero-order valence-corrected chi connectivity index (χ0v) is 12.9. The summed E-state index contributed by atoms with van der Waals surface area (Å²) in [7, 11) is 2.21. The first-order valence-corrected chi connectivity index (χ1v) is 7.75.